The summed E-state index contributed by atoms with van der Waals surface area (Å²) in [6.07, 6.45) is 1.47. The topological polar surface area (TPSA) is 94.9 Å². The third kappa shape index (κ3) is 4.46. The van der Waals surface area contributed by atoms with Gasteiger partial charge >= 0.3 is 6.03 Å². The highest BCUT2D eigenvalue weighted by Crippen LogP contribution is 2.13. The zero-order chi connectivity index (χ0) is 19.2. The number of piperazine rings is 1. The van der Waals surface area contributed by atoms with Gasteiger partial charge in [-0.25, -0.2) is 4.79 Å². The molecule has 0 saturated carbocycles. The molecule has 0 spiro atoms. The molecule has 8 nitrogen and oxygen atoms in total. The molecule has 4 amide bonds. The van der Waals surface area contributed by atoms with Gasteiger partial charge in [0.1, 0.15) is 0 Å². The Labute approximate surface area is 157 Å². The van der Waals surface area contributed by atoms with Crippen LogP contribution in [0.1, 0.15) is 27.8 Å². The van der Waals surface area contributed by atoms with Crippen molar-refractivity contribution in [1.82, 2.24) is 15.1 Å². The van der Waals surface area contributed by atoms with Crippen molar-refractivity contribution in [3.8, 4) is 0 Å². The predicted molar refractivity (Wildman–Crippen MR) is 99.7 cm³/mol. The quantitative estimate of drug-likeness (QED) is 0.861. The highest BCUT2D eigenvalue weighted by atomic mass is 16.3. The van der Waals surface area contributed by atoms with Gasteiger partial charge in [-0.15, -0.1) is 0 Å². The van der Waals surface area contributed by atoms with Crippen molar-refractivity contribution < 1.29 is 18.8 Å². The third-order valence-electron chi connectivity index (χ3n) is 4.32. The summed E-state index contributed by atoms with van der Waals surface area (Å²) in [5, 5.41) is 5.54. The van der Waals surface area contributed by atoms with Crippen LogP contribution < -0.4 is 10.6 Å². The van der Waals surface area contributed by atoms with Gasteiger partial charge in [0.15, 0.2) is 5.76 Å². The van der Waals surface area contributed by atoms with Crippen LogP contribution in [0, 0.1) is 0 Å². The Morgan fingerprint density at radius 2 is 1.67 bits per heavy atom. The summed E-state index contributed by atoms with van der Waals surface area (Å²) in [6, 6.07) is 9.80. The summed E-state index contributed by atoms with van der Waals surface area (Å²) >= 11 is 0. The number of hydrogen-bond donors (Lipinski definition) is 2. The third-order valence-corrected chi connectivity index (χ3v) is 4.32. The van der Waals surface area contributed by atoms with Gasteiger partial charge in [0, 0.05) is 44.0 Å². The lowest BCUT2D eigenvalue weighted by molar-refractivity contribution is 0.0640. The van der Waals surface area contributed by atoms with Gasteiger partial charge in [0.25, 0.3) is 11.8 Å². The number of carbonyl (C=O) groups excluding carboxylic acids is 3. The van der Waals surface area contributed by atoms with E-state index < -0.39 is 0 Å². The van der Waals surface area contributed by atoms with Gasteiger partial charge in [0.05, 0.1) is 6.26 Å². The van der Waals surface area contributed by atoms with E-state index in [4.69, 9.17) is 4.42 Å². The Morgan fingerprint density at radius 1 is 1.00 bits per heavy atom. The van der Waals surface area contributed by atoms with E-state index in [9.17, 15) is 14.4 Å². The second-order valence-electron chi connectivity index (χ2n) is 6.12. The molecule has 0 aliphatic carbocycles. The molecular formula is C19H22N4O4. The smallest absolute Gasteiger partial charge is 0.321 e. The van der Waals surface area contributed by atoms with Crippen molar-refractivity contribution in [1.29, 1.82) is 0 Å². The molecule has 2 heterocycles. The fourth-order valence-electron chi connectivity index (χ4n) is 2.84. The normalized spacial score (nSPS) is 14.0. The van der Waals surface area contributed by atoms with Crippen LogP contribution in [0.25, 0.3) is 0 Å². The number of furan rings is 1. The summed E-state index contributed by atoms with van der Waals surface area (Å²) in [5.74, 6) is -0.00572. The zero-order valence-electron chi connectivity index (χ0n) is 15.1. The SMILES string of the molecule is CCNC(=O)c1ccc(NC(=O)N2CCN(C(=O)c3ccco3)CC2)cc1. The van der Waals surface area contributed by atoms with E-state index in [1.165, 1.54) is 6.26 Å². The molecule has 1 aromatic carbocycles. The van der Waals surface area contributed by atoms with E-state index in [1.54, 1.807) is 46.2 Å². The molecule has 1 aliphatic heterocycles. The fraction of sp³-hybridized carbons (Fsp3) is 0.316. The average molecular weight is 370 g/mol. The second kappa shape index (κ2) is 8.39. The van der Waals surface area contributed by atoms with Gasteiger partial charge in [-0.1, -0.05) is 0 Å². The number of nitrogens with one attached hydrogen (secondary N) is 2. The monoisotopic (exact) mass is 370 g/mol. The van der Waals surface area contributed by atoms with E-state index in [0.717, 1.165) is 0 Å². The molecule has 1 aromatic heterocycles. The Morgan fingerprint density at radius 3 is 2.26 bits per heavy atom. The molecule has 3 rings (SSSR count). The van der Waals surface area contributed by atoms with E-state index >= 15 is 0 Å². The van der Waals surface area contributed by atoms with Crippen LogP contribution in [0.2, 0.25) is 0 Å². The zero-order valence-corrected chi connectivity index (χ0v) is 15.1. The molecule has 0 bridgehead atoms. The number of hydrogen-bond acceptors (Lipinski definition) is 4. The highest BCUT2D eigenvalue weighted by Gasteiger charge is 2.26. The largest absolute Gasteiger partial charge is 0.459 e. The minimum atomic E-state index is -0.231. The minimum Gasteiger partial charge on any atom is -0.459 e. The number of urea groups is 1. The molecule has 1 aliphatic rings. The lowest BCUT2D eigenvalue weighted by Crippen LogP contribution is -2.51. The van der Waals surface area contributed by atoms with Crippen LogP contribution in [0.15, 0.2) is 47.1 Å². The lowest BCUT2D eigenvalue weighted by atomic mass is 10.2. The number of carbonyl (C=O) groups is 3. The van der Waals surface area contributed by atoms with E-state index in [2.05, 4.69) is 10.6 Å². The van der Waals surface area contributed by atoms with Gasteiger partial charge in [-0.2, -0.15) is 0 Å². The van der Waals surface area contributed by atoms with Crippen molar-refractivity contribution in [2.24, 2.45) is 0 Å². The Hall–Kier alpha value is -3.29. The summed E-state index contributed by atoms with van der Waals surface area (Å²) in [5.41, 5.74) is 1.15. The van der Waals surface area contributed by atoms with Crippen LogP contribution >= 0.6 is 0 Å². The predicted octanol–water partition coefficient (Wildman–Crippen LogP) is 2.02. The van der Waals surface area contributed by atoms with Crippen LogP contribution in [0.5, 0.6) is 0 Å². The molecule has 8 heteroatoms. The van der Waals surface area contributed by atoms with Crippen molar-refractivity contribution in [2.45, 2.75) is 6.92 Å². The number of nitrogens with zero attached hydrogens (tertiary/aromatic N) is 2. The molecule has 1 fully saturated rings. The van der Waals surface area contributed by atoms with Crippen molar-refractivity contribution in [3.63, 3.8) is 0 Å². The maximum Gasteiger partial charge on any atom is 0.321 e. The molecular weight excluding hydrogens is 348 g/mol. The first kappa shape index (κ1) is 18.5. The number of rotatable bonds is 4. The highest BCUT2D eigenvalue weighted by molar-refractivity contribution is 5.95. The molecule has 1 saturated heterocycles. The summed E-state index contributed by atoms with van der Waals surface area (Å²) in [6.45, 7) is 4.19. The molecule has 2 aromatic rings. The Bertz CT molecular complexity index is 794. The fourth-order valence-corrected chi connectivity index (χ4v) is 2.84. The number of amides is 4. The van der Waals surface area contributed by atoms with Crippen LogP contribution in [0.4, 0.5) is 10.5 Å². The summed E-state index contributed by atoms with van der Waals surface area (Å²) in [4.78, 5) is 39.7. The molecule has 2 N–H and O–H groups in total. The molecule has 142 valence electrons. The maximum atomic E-state index is 12.4. The molecule has 0 unspecified atom stereocenters. The van der Waals surface area contributed by atoms with Gasteiger partial charge in [0.2, 0.25) is 0 Å². The van der Waals surface area contributed by atoms with Crippen molar-refractivity contribution in [2.75, 3.05) is 38.0 Å². The number of benzene rings is 1. The second-order valence-corrected chi connectivity index (χ2v) is 6.12. The van der Waals surface area contributed by atoms with Crippen LogP contribution in [-0.4, -0.2) is 60.4 Å². The molecule has 27 heavy (non-hydrogen) atoms. The standard InChI is InChI=1S/C19H22N4O4/c1-2-20-17(24)14-5-7-15(8-6-14)21-19(26)23-11-9-22(10-12-23)18(25)16-4-3-13-27-16/h3-8,13H,2,9-12H2,1H3,(H,20,24)(H,21,26). The minimum absolute atomic E-state index is 0.146. The van der Waals surface area contributed by atoms with Crippen LogP contribution in [0.3, 0.4) is 0 Å². The van der Waals surface area contributed by atoms with E-state index in [-0.39, 0.29) is 17.8 Å². The van der Waals surface area contributed by atoms with Crippen LogP contribution in [-0.2, 0) is 0 Å². The van der Waals surface area contributed by atoms with Gasteiger partial charge in [-0.3, -0.25) is 9.59 Å². The van der Waals surface area contributed by atoms with E-state index in [0.29, 0.717) is 49.7 Å². The molecule has 0 atom stereocenters. The summed E-state index contributed by atoms with van der Waals surface area (Å²) in [7, 11) is 0. The maximum absolute atomic E-state index is 12.4. The van der Waals surface area contributed by atoms with E-state index in [1.807, 2.05) is 6.92 Å². The molecule has 0 radical (unpaired) electrons. The number of anilines is 1. The first-order valence-corrected chi connectivity index (χ1v) is 8.85. The van der Waals surface area contributed by atoms with Gasteiger partial charge < -0.3 is 24.9 Å². The average Bonchev–Trinajstić information content (AvgIpc) is 3.23. The first-order chi connectivity index (χ1) is 13.1. The lowest BCUT2D eigenvalue weighted by Gasteiger charge is -2.34. The summed E-state index contributed by atoms with van der Waals surface area (Å²) < 4.78 is 5.13. The Balaban J connectivity index is 1.51. The first-order valence-electron chi connectivity index (χ1n) is 8.85. The van der Waals surface area contributed by atoms with Crippen molar-refractivity contribution >= 4 is 23.5 Å². The Kier molecular flexibility index (Phi) is 5.75. The van der Waals surface area contributed by atoms with Gasteiger partial charge in [-0.05, 0) is 43.3 Å². The van der Waals surface area contributed by atoms with Crippen molar-refractivity contribution in [3.05, 3.63) is 54.0 Å².